The molecule has 2 fully saturated rings. The van der Waals surface area contributed by atoms with Gasteiger partial charge in [-0.15, -0.1) is 0 Å². The molecule has 1 aromatic rings. The third kappa shape index (κ3) is 1.52. The van der Waals surface area contributed by atoms with Crippen molar-refractivity contribution in [1.29, 1.82) is 0 Å². The van der Waals surface area contributed by atoms with E-state index < -0.39 is 5.79 Å². The van der Waals surface area contributed by atoms with Gasteiger partial charge in [0.25, 0.3) is 5.79 Å². The Bertz CT molecular complexity index is 474. The molecule has 4 nitrogen and oxygen atoms in total. The van der Waals surface area contributed by atoms with Gasteiger partial charge in [-0.2, -0.15) is 0 Å². The lowest BCUT2D eigenvalue weighted by atomic mass is 9.91. The first-order valence-corrected chi connectivity index (χ1v) is 5.68. The molecule has 0 saturated carbocycles. The van der Waals surface area contributed by atoms with Gasteiger partial charge in [-0.3, -0.25) is 9.59 Å². The molecule has 2 saturated heterocycles. The molecule has 5 heteroatoms. The molecule has 0 atom stereocenters. The average molecular weight is 253 g/mol. The van der Waals surface area contributed by atoms with Crippen LogP contribution >= 0.6 is 11.6 Å². The Kier molecular flexibility index (Phi) is 2.16. The fourth-order valence-corrected chi connectivity index (χ4v) is 2.51. The van der Waals surface area contributed by atoms with Crippen LogP contribution in [0.15, 0.2) is 24.3 Å². The third-order valence-corrected chi connectivity index (χ3v) is 3.39. The predicted molar refractivity (Wildman–Crippen MR) is 58.0 cm³/mol. The highest BCUT2D eigenvalue weighted by Crippen LogP contribution is 2.49. The molecule has 0 bridgehead atoms. The molecular weight excluding hydrogens is 244 g/mol. The van der Waals surface area contributed by atoms with Crippen molar-refractivity contribution < 1.29 is 19.1 Å². The van der Waals surface area contributed by atoms with Crippen LogP contribution in [0, 0.1) is 5.92 Å². The van der Waals surface area contributed by atoms with E-state index in [1.54, 1.807) is 24.3 Å². The average Bonchev–Trinajstić information content (AvgIpc) is 2.70. The van der Waals surface area contributed by atoms with Crippen molar-refractivity contribution in [2.45, 2.75) is 18.6 Å². The van der Waals surface area contributed by atoms with Crippen LogP contribution in [0.3, 0.4) is 0 Å². The zero-order chi connectivity index (χ0) is 12.0. The minimum Gasteiger partial charge on any atom is -0.418 e. The van der Waals surface area contributed by atoms with Gasteiger partial charge >= 0.3 is 11.9 Å². The lowest BCUT2D eigenvalue weighted by Gasteiger charge is -2.25. The van der Waals surface area contributed by atoms with Crippen molar-refractivity contribution in [3.05, 3.63) is 34.9 Å². The molecule has 3 rings (SSSR count). The summed E-state index contributed by atoms with van der Waals surface area (Å²) in [7, 11) is 0. The van der Waals surface area contributed by atoms with Gasteiger partial charge in [-0.1, -0.05) is 11.6 Å². The number of fused-ring (bicyclic) bond motifs is 1. The van der Waals surface area contributed by atoms with E-state index in [0.717, 1.165) is 0 Å². The molecular formula is C12H9ClO4. The normalized spacial score (nSPS) is 31.0. The number of halogens is 1. The first-order chi connectivity index (χ1) is 8.10. The summed E-state index contributed by atoms with van der Waals surface area (Å²) in [6.45, 7) is 0. The van der Waals surface area contributed by atoms with E-state index in [1.165, 1.54) is 0 Å². The van der Waals surface area contributed by atoms with E-state index >= 15 is 0 Å². The Morgan fingerprint density at radius 2 is 1.59 bits per heavy atom. The Balaban J connectivity index is 2.06. The van der Waals surface area contributed by atoms with Crippen LogP contribution in [0.4, 0.5) is 0 Å². The number of esters is 2. The summed E-state index contributed by atoms with van der Waals surface area (Å²) in [5, 5.41) is 0.579. The molecule has 17 heavy (non-hydrogen) atoms. The lowest BCUT2D eigenvalue weighted by Crippen LogP contribution is -2.30. The Morgan fingerprint density at radius 1 is 1.06 bits per heavy atom. The van der Waals surface area contributed by atoms with Crippen LogP contribution in [0.2, 0.25) is 5.02 Å². The van der Waals surface area contributed by atoms with Crippen LogP contribution in [-0.2, 0) is 24.8 Å². The summed E-state index contributed by atoms with van der Waals surface area (Å²) < 4.78 is 10.5. The fourth-order valence-electron chi connectivity index (χ4n) is 2.39. The maximum Gasteiger partial charge on any atom is 0.309 e. The monoisotopic (exact) mass is 252 g/mol. The second kappa shape index (κ2) is 3.47. The molecule has 0 unspecified atom stereocenters. The number of ether oxygens (including phenoxy) is 2. The van der Waals surface area contributed by atoms with Crippen LogP contribution in [-0.4, -0.2) is 11.9 Å². The minimum atomic E-state index is -1.22. The highest BCUT2D eigenvalue weighted by molar-refractivity contribution is 6.30. The van der Waals surface area contributed by atoms with Crippen LogP contribution < -0.4 is 0 Å². The first-order valence-electron chi connectivity index (χ1n) is 5.30. The van der Waals surface area contributed by atoms with Crippen molar-refractivity contribution in [2.24, 2.45) is 5.92 Å². The third-order valence-electron chi connectivity index (χ3n) is 3.14. The summed E-state index contributed by atoms with van der Waals surface area (Å²) >= 11 is 5.80. The maximum atomic E-state index is 11.4. The van der Waals surface area contributed by atoms with Crippen molar-refractivity contribution in [2.75, 3.05) is 0 Å². The van der Waals surface area contributed by atoms with E-state index in [4.69, 9.17) is 21.1 Å². The van der Waals surface area contributed by atoms with Gasteiger partial charge in [0, 0.05) is 10.6 Å². The summed E-state index contributed by atoms with van der Waals surface area (Å²) in [6.07, 6.45) is 0.433. The second-order valence-electron chi connectivity index (χ2n) is 4.23. The van der Waals surface area contributed by atoms with Crippen molar-refractivity contribution in [3.63, 3.8) is 0 Å². The molecule has 0 radical (unpaired) electrons. The quantitative estimate of drug-likeness (QED) is 0.718. The SMILES string of the molecule is O=C1CC2CC(=O)OC2(c2ccc(Cl)cc2)O1. The molecule has 1 aromatic carbocycles. The zero-order valence-corrected chi connectivity index (χ0v) is 9.57. The number of carbonyl (C=O) groups excluding carboxylic acids is 2. The van der Waals surface area contributed by atoms with Crippen LogP contribution in [0.1, 0.15) is 18.4 Å². The summed E-state index contributed by atoms with van der Waals surface area (Å²) in [5.74, 6) is -2.13. The Labute approximate surface area is 102 Å². The van der Waals surface area contributed by atoms with Gasteiger partial charge in [-0.05, 0) is 24.3 Å². The summed E-state index contributed by atoms with van der Waals surface area (Å²) in [5.41, 5.74) is 0.656. The molecule has 0 spiro atoms. The smallest absolute Gasteiger partial charge is 0.309 e. The zero-order valence-electron chi connectivity index (χ0n) is 8.81. The van der Waals surface area contributed by atoms with Gasteiger partial charge < -0.3 is 9.47 Å². The molecule has 88 valence electrons. The maximum absolute atomic E-state index is 11.4. The number of benzene rings is 1. The largest absolute Gasteiger partial charge is 0.418 e. The highest BCUT2D eigenvalue weighted by atomic mass is 35.5. The molecule has 2 aliphatic heterocycles. The van der Waals surface area contributed by atoms with Gasteiger partial charge in [0.05, 0.1) is 18.8 Å². The first kappa shape index (κ1) is 10.6. The predicted octanol–water partition coefficient (Wildman–Crippen LogP) is 2.00. The molecule has 0 aromatic heterocycles. The van der Waals surface area contributed by atoms with E-state index in [9.17, 15) is 9.59 Å². The van der Waals surface area contributed by atoms with Crippen molar-refractivity contribution in [3.8, 4) is 0 Å². The molecule has 0 aliphatic carbocycles. The second-order valence-corrected chi connectivity index (χ2v) is 4.66. The van der Waals surface area contributed by atoms with Crippen molar-refractivity contribution in [1.82, 2.24) is 0 Å². The number of hydrogen-bond acceptors (Lipinski definition) is 4. The van der Waals surface area contributed by atoms with Gasteiger partial charge in [0.15, 0.2) is 0 Å². The Hall–Kier alpha value is -1.55. The number of rotatable bonds is 1. The summed E-state index contributed by atoms with van der Waals surface area (Å²) in [6, 6.07) is 6.79. The lowest BCUT2D eigenvalue weighted by molar-refractivity contribution is -0.210. The topological polar surface area (TPSA) is 52.6 Å². The van der Waals surface area contributed by atoms with E-state index in [1.807, 2.05) is 0 Å². The Morgan fingerprint density at radius 3 is 2.12 bits per heavy atom. The molecule has 0 amide bonds. The molecule has 2 heterocycles. The van der Waals surface area contributed by atoms with Gasteiger partial charge in [0.1, 0.15) is 0 Å². The highest BCUT2D eigenvalue weighted by Gasteiger charge is 2.59. The fraction of sp³-hybridized carbons (Fsp3) is 0.333. The summed E-state index contributed by atoms with van der Waals surface area (Å²) in [4.78, 5) is 22.7. The number of carbonyl (C=O) groups is 2. The van der Waals surface area contributed by atoms with Crippen LogP contribution in [0.5, 0.6) is 0 Å². The minimum absolute atomic E-state index is 0.217. The van der Waals surface area contributed by atoms with E-state index in [2.05, 4.69) is 0 Å². The van der Waals surface area contributed by atoms with Crippen LogP contribution in [0.25, 0.3) is 0 Å². The standard InChI is InChI=1S/C12H9ClO4/c13-9-3-1-7(2-4-9)12-8(5-10(14)16-12)6-11(15)17-12/h1-4,8H,5-6H2. The van der Waals surface area contributed by atoms with E-state index in [0.29, 0.717) is 10.6 Å². The molecule has 2 aliphatic rings. The molecule has 0 N–H and O–H groups in total. The van der Waals surface area contributed by atoms with Gasteiger partial charge in [-0.25, -0.2) is 0 Å². The number of hydrogen-bond donors (Lipinski definition) is 0. The van der Waals surface area contributed by atoms with Crippen molar-refractivity contribution >= 4 is 23.5 Å². The van der Waals surface area contributed by atoms with Gasteiger partial charge in [0.2, 0.25) is 0 Å². The van der Waals surface area contributed by atoms with E-state index in [-0.39, 0.29) is 30.7 Å².